The molecule has 1 aliphatic heterocycles. The van der Waals surface area contributed by atoms with Crippen molar-refractivity contribution in [3.05, 3.63) is 50.1 Å². The number of rotatable bonds is 3. The van der Waals surface area contributed by atoms with Crippen molar-refractivity contribution in [2.75, 3.05) is 18.5 Å². The second kappa shape index (κ2) is 5.65. The van der Waals surface area contributed by atoms with E-state index < -0.39 is 0 Å². The molecule has 1 aromatic carbocycles. The van der Waals surface area contributed by atoms with Gasteiger partial charge < -0.3 is 10.2 Å². The van der Waals surface area contributed by atoms with Crippen LogP contribution in [0.15, 0.2) is 34.1 Å². The fourth-order valence-electron chi connectivity index (χ4n) is 2.65. The van der Waals surface area contributed by atoms with Crippen molar-refractivity contribution in [1.82, 2.24) is 5.32 Å². The van der Waals surface area contributed by atoms with E-state index in [9.17, 15) is 0 Å². The quantitative estimate of drug-likeness (QED) is 0.917. The lowest BCUT2D eigenvalue weighted by molar-refractivity contribution is 0.729. The largest absolute Gasteiger partial charge is 0.367 e. The number of nitrogens with one attached hydrogen (secondary N) is 1. The first kappa shape index (κ1) is 13.2. The maximum Gasteiger partial charge on any atom is 0.0440 e. The van der Waals surface area contributed by atoms with E-state index in [1.807, 2.05) is 18.4 Å². The molecule has 2 aromatic rings. The third-order valence-electron chi connectivity index (χ3n) is 3.56. The number of benzene rings is 1. The highest BCUT2D eigenvalue weighted by Crippen LogP contribution is 2.31. The van der Waals surface area contributed by atoms with Crippen molar-refractivity contribution in [1.29, 1.82) is 0 Å². The summed E-state index contributed by atoms with van der Waals surface area (Å²) in [5.41, 5.74) is 4.21. The summed E-state index contributed by atoms with van der Waals surface area (Å²) in [4.78, 5) is 4.05. The van der Waals surface area contributed by atoms with Gasteiger partial charge in [0.25, 0.3) is 0 Å². The van der Waals surface area contributed by atoms with Gasteiger partial charge in [-0.1, -0.05) is 15.9 Å². The molecule has 2 nitrogen and oxygen atoms in total. The zero-order chi connectivity index (χ0) is 13.2. The molecule has 1 aliphatic rings. The summed E-state index contributed by atoms with van der Waals surface area (Å²) < 4.78 is 1.15. The predicted octanol–water partition coefficient (Wildman–Crippen LogP) is 3.79. The second-order valence-electron chi connectivity index (χ2n) is 4.84. The molecule has 0 spiro atoms. The van der Waals surface area contributed by atoms with Crippen LogP contribution in [-0.4, -0.2) is 13.6 Å². The Balaban J connectivity index is 1.90. The Morgan fingerprint density at radius 2 is 2.26 bits per heavy atom. The van der Waals surface area contributed by atoms with E-state index in [-0.39, 0.29) is 0 Å². The van der Waals surface area contributed by atoms with Gasteiger partial charge in [0.1, 0.15) is 0 Å². The van der Waals surface area contributed by atoms with Crippen LogP contribution in [0.1, 0.15) is 16.0 Å². The molecule has 19 heavy (non-hydrogen) atoms. The molecule has 0 saturated heterocycles. The molecule has 3 rings (SSSR count). The standard InChI is InChI=1S/C15H17BrN2S/c1-17-9-12-8-13(16)2-3-14(12)18-6-4-15-11(10-18)5-7-19-15/h2-3,5,7-8,17H,4,6,9-10H2,1H3. The van der Waals surface area contributed by atoms with Gasteiger partial charge in [0, 0.05) is 34.7 Å². The topological polar surface area (TPSA) is 15.3 Å². The van der Waals surface area contributed by atoms with Crippen LogP contribution in [0, 0.1) is 0 Å². The average Bonchev–Trinajstić information content (AvgIpc) is 2.86. The molecule has 0 bridgehead atoms. The molecular formula is C15H17BrN2S. The Morgan fingerprint density at radius 3 is 3.11 bits per heavy atom. The van der Waals surface area contributed by atoms with Gasteiger partial charge in [-0.05, 0) is 54.2 Å². The summed E-state index contributed by atoms with van der Waals surface area (Å²) in [5, 5.41) is 5.47. The molecule has 2 heterocycles. The number of fused-ring (bicyclic) bond motifs is 1. The first-order valence-corrected chi connectivity index (χ1v) is 8.18. The zero-order valence-electron chi connectivity index (χ0n) is 10.9. The number of halogens is 1. The molecule has 0 radical (unpaired) electrons. The molecule has 100 valence electrons. The minimum absolute atomic E-state index is 0.905. The third kappa shape index (κ3) is 2.71. The SMILES string of the molecule is CNCc1cc(Br)ccc1N1CCc2sccc2C1. The summed E-state index contributed by atoms with van der Waals surface area (Å²) in [6.07, 6.45) is 1.17. The molecule has 0 atom stereocenters. The van der Waals surface area contributed by atoms with E-state index in [1.165, 1.54) is 23.2 Å². The van der Waals surface area contributed by atoms with Crippen LogP contribution in [0.5, 0.6) is 0 Å². The molecule has 0 aliphatic carbocycles. The molecule has 0 saturated carbocycles. The van der Waals surface area contributed by atoms with Gasteiger partial charge in [-0.25, -0.2) is 0 Å². The zero-order valence-corrected chi connectivity index (χ0v) is 13.4. The monoisotopic (exact) mass is 336 g/mol. The summed E-state index contributed by atoms with van der Waals surface area (Å²) in [7, 11) is 2.00. The predicted molar refractivity (Wildman–Crippen MR) is 86.0 cm³/mol. The van der Waals surface area contributed by atoms with Crippen molar-refractivity contribution < 1.29 is 0 Å². The Morgan fingerprint density at radius 1 is 1.37 bits per heavy atom. The normalized spacial score (nSPS) is 14.5. The molecule has 4 heteroatoms. The molecule has 1 aromatic heterocycles. The Labute approximate surface area is 126 Å². The van der Waals surface area contributed by atoms with Gasteiger partial charge in [0.05, 0.1) is 0 Å². The van der Waals surface area contributed by atoms with Gasteiger partial charge in [-0.3, -0.25) is 0 Å². The smallest absolute Gasteiger partial charge is 0.0440 e. The molecule has 0 amide bonds. The lowest BCUT2D eigenvalue weighted by Crippen LogP contribution is -2.30. The summed E-state index contributed by atoms with van der Waals surface area (Å²) in [6.45, 7) is 3.06. The lowest BCUT2D eigenvalue weighted by Gasteiger charge is -2.31. The fraction of sp³-hybridized carbons (Fsp3) is 0.333. The fourth-order valence-corrected chi connectivity index (χ4v) is 3.95. The highest BCUT2D eigenvalue weighted by molar-refractivity contribution is 9.10. The highest BCUT2D eigenvalue weighted by atomic mass is 79.9. The van der Waals surface area contributed by atoms with Gasteiger partial charge >= 0.3 is 0 Å². The van der Waals surface area contributed by atoms with Gasteiger partial charge in [-0.2, -0.15) is 0 Å². The Kier molecular flexibility index (Phi) is 3.91. The molecular weight excluding hydrogens is 320 g/mol. The minimum Gasteiger partial charge on any atom is -0.367 e. The second-order valence-corrected chi connectivity index (χ2v) is 6.76. The third-order valence-corrected chi connectivity index (χ3v) is 5.07. The van der Waals surface area contributed by atoms with Crippen LogP contribution in [0.2, 0.25) is 0 Å². The van der Waals surface area contributed by atoms with Crippen molar-refractivity contribution >= 4 is 33.0 Å². The van der Waals surface area contributed by atoms with Gasteiger partial charge in [0.15, 0.2) is 0 Å². The number of hydrogen-bond donors (Lipinski definition) is 1. The lowest BCUT2D eigenvalue weighted by atomic mass is 10.1. The maximum absolute atomic E-state index is 3.57. The Hall–Kier alpha value is -0.840. The van der Waals surface area contributed by atoms with E-state index in [0.717, 1.165) is 24.1 Å². The van der Waals surface area contributed by atoms with Crippen LogP contribution in [0.25, 0.3) is 0 Å². The first-order valence-electron chi connectivity index (χ1n) is 6.51. The van der Waals surface area contributed by atoms with E-state index in [4.69, 9.17) is 0 Å². The van der Waals surface area contributed by atoms with Crippen LogP contribution < -0.4 is 10.2 Å². The minimum atomic E-state index is 0.905. The van der Waals surface area contributed by atoms with Crippen LogP contribution in [0.3, 0.4) is 0 Å². The summed E-state index contributed by atoms with van der Waals surface area (Å²) in [5.74, 6) is 0. The Bertz CT molecular complexity index is 579. The maximum atomic E-state index is 3.57. The molecule has 0 unspecified atom stereocenters. The number of anilines is 1. The van der Waals surface area contributed by atoms with E-state index in [2.05, 4.69) is 55.8 Å². The van der Waals surface area contributed by atoms with Crippen molar-refractivity contribution in [2.45, 2.75) is 19.5 Å². The van der Waals surface area contributed by atoms with Crippen molar-refractivity contribution in [3.63, 3.8) is 0 Å². The van der Waals surface area contributed by atoms with Gasteiger partial charge in [-0.15, -0.1) is 11.3 Å². The average molecular weight is 337 g/mol. The van der Waals surface area contributed by atoms with Crippen LogP contribution in [0.4, 0.5) is 5.69 Å². The van der Waals surface area contributed by atoms with Crippen molar-refractivity contribution in [2.24, 2.45) is 0 Å². The van der Waals surface area contributed by atoms with E-state index in [1.54, 1.807) is 4.88 Å². The first-order chi connectivity index (χ1) is 9.28. The van der Waals surface area contributed by atoms with E-state index in [0.29, 0.717) is 0 Å². The van der Waals surface area contributed by atoms with Gasteiger partial charge in [0.2, 0.25) is 0 Å². The van der Waals surface area contributed by atoms with Crippen LogP contribution in [-0.2, 0) is 19.5 Å². The highest BCUT2D eigenvalue weighted by Gasteiger charge is 2.19. The van der Waals surface area contributed by atoms with Crippen molar-refractivity contribution in [3.8, 4) is 0 Å². The summed E-state index contributed by atoms with van der Waals surface area (Å²) >= 11 is 5.46. The number of hydrogen-bond acceptors (Lipinski definition) is 3. The molecule has 0 fully saturated rings. The summed E-state index contributed by atoms with van der Waals surface area (Å²) in [6, 6.07) is 8.85. The van der Waals surface area contributed by atoms with Crippen LogP contribution >= 0.6 is 27.3 Å². The number of thiophene rings is 1. The van der Waals surface area contributed by atoms with E-state index >= 15 is 0 Å². The number of nitrogens with zero attached hydrogens (tertiary/aromatic N) is 1. The molecule has 1 N–H and O–H groups in total.